The Bertz CT molecular complexity index is 593. The highest BCUT2D eigenvalue weighted by Gasteiger charge is 2.13. The number of fused-ring (bicyclic) bond motifs is 1. The molecule has 0 aliphatic rings. The van der Waals surface area contributed by atoms with Crippen LogP contribution in [0.4, 0.5) is 5.69 Å². The molecule has 4 heteroatoms. The zero-order chi connectivity index (χ0) is 14.0. The van der Waals surface area contributed by atoms with Gasteiger partial charge in [-0.15, -0.1) is 0 Å². The summed E-state index contributed by atoms with van der Waals surface area (Å²) in [5, 5.41) is 4.33. The van der Waals surface area contributed by atoms with Gasteiger partial charge in [-0.2, -0.15) is 0 Å². The molecular formula is C15H21N3O. The summed E-state index contributed by atoms with van der Waals surface area (Å²) in [6.07, 6.45) is 0. The Morgan fingerprint density at radius 1 is 1.32 bits per heavy atom. The van der Waals surface area contributed by atoms with Crippen LogP contribution in [0.2, 0.25) is 0 Å². The molecule has 0 amide bonds. The first kappa shape index (κ1) is 13.6. The minimum absolute atomic E-state index is 0.764. The molecule has 19 heavy (non-hydrogen) atoms. The molecule has 0 spiro atoms. The quantitative estimate of drug-likeness (QED) is 0.914. The van der Waals surface area contributed by atoms with Gasteiger partial charge in [0.05, 0.1) is 24.0 Å². The monoisotopic (exact) mass is 259 g/mol. The minimum atomic E-state index is 0.764. The maximum absolute atomic E-state index is 5.28. The number of nitrogens with zero attached hydrogens (tertiary/aromatic N) is 2. The smallest absolute Gasteiger partial charge is 0.121 e. The van der Waals surface area contributed by atoms with Crippen LogP contribution in [0.3, 0.4) is 0 Å². The molecule has 102 valence electrons. The molecule has 0 aliphatic carbocycles. The van der Waals surface area contributed by atoms with Crippen LogP contribution in [0, 0.1) is 6.92 Å². The van der Waals surface area contributed by atoms with Crippen LogP contribution < -0.4 is 15.0 Å². The van der Waals surface area contributed by atoms with Crippen molar-refractivity contribution in [2.75, 3.05) is 33.2 Å². The van der Waals surface area contributed by atoms with E-state index < -0.39 is 0 Å². The maximum Gasteiger partial charge on any atom is 0.121 e. The van der Waals surface area contributed by atoms with Crippen LogP contribution >= 0.6 is 0 Å². The van der Waals surface area contributed by atoms with Gasteiger partial charge in [0, 0.05) is 32.1 Å². The van der Waals surface area contributed by atoms with Crippen molar-refractivity contribution in [2.45, 2.75) is 13.5 Å². The van der Waals surface area contributed by atoms with Crippen LogP contribution in [0.15, 0.2) is 18.2 Å². The van der Waals surface area contributed by atoms with Crippen LogP contribution in [-0.2, 0) is 6.54 Å². The van der Waals surface area contributed by atoms with Crippen LogP contribution in [0.25, 0.3) is 10.9 Å². The van der Waals surface area contributed by atoms with Crippen LogP contribution in [0.1, 0.15) is 11.3 Å². The van der Waals surface area contributed by atoms with E-state index in [0.29, 0.717) is 0 Å². The zero-order valence-electron chi connectivity index (χ0n) is 12.2. The van der Waals surface area contributed by atoms with E-state index in [1.54, 1.807) is 7.11 Å². The first-order valence-corrected chi connectivity index (χ1v) is 6.37. The highest BCUT2D eigenvalue weighted by atomic mass is 16.5. The summed E-state index contributed by atoms with van der Waals surface area (Å²) in [7, 11) is 7.74. The van der Waals surface area contributed by atoms with E-state index in [4.69, 9.17) is 9.72 Å². The van der Waals surface area contributed by atoms with Gasteiger partial charge in [0.2, 0.25) is 0 Å². The van der Waals surface area contributed by atoms with Gasteiger partial charge in [0.15, 0.2) is 0 Å². The number of ether oxygens (including phenoxy) is 1. The molecule has 0 bridgehead atoms. The lowest BCUT2D eigenvalue weighted by atomic mass is 10.1. The van der Waals surface area contributed by atoms with E-state index in [1.807, 2.05) is 19.2 Å². The summed E-state index contributed by atoms with van der Waals surface area (Å²) in [4.78, 5) is 6.89. The fraction of sp³-hybridized carbons (Fsp3) is 0.400. The molecule has 0 unspecified atom stereocenters. The second-order valence-electron chi connectivity index (χ2n) is 4.84. The van der Waals surface area contributed by atoms with Crippen molar-refractivity contribution in [3.05, 3.63) is 29.5 Å². The van der Waals surface area contributed by atoms with E-state index in [2.05, 4.69) is 37.3 Å². The average molecular weight is 259 g/mol. The number of anilines is 1. The summed E-state index contributed by atoms with van der Waals surface area (Å²) in [6, 6.07) is 6.04. The summed E-state index contributed by atoms with van der Waals surface area (Å²) >= 11 is 0. The third-order valence-electron chi connectivity index (χ3n) is 3.29. The predicted molar refractivity (Wildman–Crippen MR) is 80.1 cm³/mol. The lowest BCUT2D eigenvalue weighted by Gasteiger charge is -2.21. The molecule has 1 heterocycles. The highest BCUT2D eigenvalue weighted by molar-refractivity contribution is 5.94. The van der Waals surface area contributed by atoms with E-state index >= 15 is 0 Å². The lowest BCUT2D eigenvalue weighted by molar-refractivity contribution is 0.415. The number of aromatic nitrogens is 1. The van der Waals surface area contributed by atoms with E-state index in [9.17, 15) is 0 Å². The Kier molecular flexibility index (Phi) is 3.90. The Labute approximate surface area is 114 Å². The molecule has 1 aromatic heterocycles. The molecule has 0 aliphatic heterocycles. The number of methoxy groups -OCH3 is 1. The number of hydrogen-bond donors (Lipinski definition) is 1. The molecule has 0 saturated heterocycles. The Balaban J connectivity index is 2.75. The third kappa shape index (κ3) is 2.49. The normalized spacial score (nSPS) is 10.8. The Morgan fingerprint density at radius 3 is 2.63 bits per heavy atom. The lowest BCUT2D eigenvalue weighted by Crippen LogP contribution is -2.15. The number of nitrogens with one attached hydrogen (secondary N) is 1. The number of hydrogen-bond acceptors (Lipinski definition) is 4. The highest BCUT2D eigenvalue weighted by Crippen LogP contribution is 2.32. The Morgan fingerprint density at radius 2 is 2.05 bits per heavy atom. The average Bonchev–Trinajstić information content (AvgIpc) is 2.39. The van der Waals surface area contributed by atoms with Crippen molar-refractivity contribution in [1.82, 2.24) is 10.3 Å². The largest absolute Gasteiger partial charge is 0.497 e. The van der Waals surface area contributed by atoms with Gasteiger partial charge in [0.1, 0.15) is 5.75 Å². The van der Waals surface area contributed by atoms with Crippen LogP contribution in [-0.4, -0.2) is 33.2 Å². The fourth-order valence-electron chi connectivity index (χ4n) is 2.41. The molecule has 2 aromatic rings. The molecular weight excluding hydrogens is 238 g/mol. The van der Waals surface area contributed by atoms with Gasteiger partial charge in [-0.3, -0.25) is 4.98 Å². The zero-order valence-corrected chi connectivity index (χ0v) is 12.2. The van der Waals surface area contributed by atoms with E-state index in [1.165, 1.54) is 11.3 Å². The molecule has 1 aromatic carbocycles. The van der Waals surface area contributed by atoms with Gasteiger partial charge in [-0.1, -0.05) is 0 Å². The van der Waals surface area contributed by atoms with Crippen molar-refractivity contribution in [3.8, 4) is 5.75 Å². The number of pyridine rings is 1. The fourth-order valence-corrected chi connectivity index (χ4v) is 2.41. The SMILES string of the molecule is CNCc1nc2cc(OC)ccc2c(N(C)C)c1C. The topological polar surface area (TPSA) is 37.4 Å². The van der Waals surface area contributed by atoms with Crippen LogP contribution in [0.5, 0.6) is 5.75 Å². The van der Waals surface area contributed by atoms with Gasteiger partial charge in [0.25, 0.3) is 0 Å². The maximum atomic E-state index is 5.28. The van der Waals surface area contributed by atoms with Crippen molar-refractivity contribution in [1.29, 1.82) is 0 Å². The van der Waals surface area contributed by atoms with Crippen molar-refractivity contribution in [3.63, 3.8) is 0 Å². The second-order valence-corrected chi connectivity index (χ2v) is 4.84. The second kappa shape index (κ2) is 5.45. The number of rotatable bonds is 4. The van der Waals surface area contributed by atoms with E-state index in [0.717, 1.165) is 28.9 Å². The van der Waals surface area contributed by atoms with E-state index in [-0.39, 0.29) is 0 Å². The Hall–Kier alpha value is -1.81. The summed E-state index contributed by atoms with van der Waals surface area (Å²) in [6.45, 7) is 2.89. The standard InChI is InChI=1S/C15H21N3O/c1-10-14(9-16-2)17-13-8-11(19-5)6-7-12(13)15(10)18(3)4/h6-8,16H,9H2,1-5H3. The van der Waals surface area contributed by atoms with Crippen molar-refractivity contribution < 1.29 is 4.74 Å². The van der Waals surface area contributed by atoms with Gasteiger partial charge in [-0.05, 0) is 31.7 Å². The molecule has 0 atom stereocenters. The summed E-state index contributed by atoms with van der Waals surface area (Å²) < 4.78 is 5.28. The molecule has 0 radical (unpaired) electrons. The third-order valence-corrected chi connectivity index (χ3v) is 3.29. The number of benzene rings is 1. The molecule has 4 nitrogen and oxygen atoms in total. The van der Waals surface area contributed by atoms with Crippen molar-refractivity contribution >= 4 is 16.6 Å². The minimum Gasteiger partial charge on any atom is -0.497 e. The molecule has 0 fully saturated rings. The van der Waals surface area contributed by atoms with Crippen molar-refractivity contribution in [2.24, 2.45) is 0 Å². The first-order valence-electron chi connectivity index (χ1n) is 6.37. The predicted octanol–water partition coefficient (Wildman–Crippen LogP) is 2.34. The van der Waals surface area contributed by atoms with Gasteiger partial charge >= 0.3 is 0 Å². The molecule has 2 rings (SSSR count). The molecule has 1 N–H and O–H groups in total. The van der Waals surface area contributed by atoms with Gasteiger partial charge in [-0.25, -0.2) is 0 Å². The summed E-state index contributed by atoms with van der Waals surface area (Å²) in [5.74, 6) is 0.837. The molecule has 0 saturated carbocycles. The summed E-state index contributed by atoms with van der Waals surface area (Å²) in [5.41, 5.74) is 4.49. The van der Waals surface area contributed by atoms with Gasteiger partial charge < -0.3 is 15.0 Å². The first-order chi connectivity index (χ1) is 9.08.